The average molecular weight is 582 g/mol. The standard InChI is InChI=1S/C32H47N5O5/c1-31(2,3)41-29(39)36(30(40)42-32(4,5)6)18-20-16-23(17-20)37-19-25(28(35-37)21-10-11-21)26-8-7-9-27(34-26)33-22-12-14-24(38)15-13-22/h7-9,19-24,38H,10-18H2,1-6H3,(H,33,34). The Morgan fingerprint density at radius 2 is 1.60 bits per heavy atom. The highest BCUT2D eigenvalue weighted by atomic mass is 16.6. The van der Waals surface area contributed by atoms with E-state index >= 15 is 0 Å². The van der Waals surface area contributed by atoms with Crippen molar-refractivity contribution in [2.45, 2.75) is 128 Å². The maximum Gasteiger partial charge on any atom is 0.419 e. The highest BCUT2D eigenvalue weighted by Gasteiger charge is 2.39. The van der Waals surface area contributed by atoms with Crippen molar-refractivity contribution >= 4 is 18.0 Å². The molecule has 2 aromatic heterocycles. The lowest BCUT2D eigenvalue weighted by Gasteiger charge is -2.38. The highest BCUT2D eigenvalue weighted by Crippen LogP contribution is 2.46. The predicted molar refractivity (Wildman–Crippen MR) is 160 cm³/mol. The Bertz CT molecular complexity index is 1230. The SMILES string of the molecule is CC(C)(C)OC(=O)N(CC1CC(n2cc(-c3cccc(NC4CCC(O)CC4)n3)c(C3CC3)n2)C1)C(=O)OC(C)(C)C. The molecule has 0 saturated heterocycles. The quantitative estimate of drug-likeness (QED) is 0.373. The zero-order chi connectivity index (χ0) is 30.2. The molecule has 230 valence electrons. The molecule has 0 aliphatic heterocycles. The first-order valence-corrected chi connectivity index (χ1v) is 15.5. The van der Waals surface area contributed by atoms with Crippen LogP contribution in [-0.2, 0) is 9.47 Å². The summed E-state index contributed by atoms with van der Waals surface area (Å²) in [4.78, 5) is 31.9. The molecule has 2 heterocycles. The molecule has 2 aromatic rings. The maximum atomic E-state index is 12.9. The third kappa shape index (κ3) is 7.82. The number of nitrogens with zero attached hydrogens (tertiary/aromatic N) is 4. The van der Waals surface area contributed by atoms with Gasteiger partial charge in [-0.3, -0.25) is 4.68 Å². The normalized spacial score (nSPS) is 24.5. The Balaban J connectivity index is 1.26. The molecule has 3 fully saturated rings. The third-order valence-electron chi connectivity index (χ3n) is 8.05. The molecule has 3 saturated carbocycles. The molecule has 0 spiro atoms. The number of hydrogen-bond acceptors (Lipinski definition) is 8. The number of ether oxygens (including phenoxy) is 2. The van der Waals surface area contributed by atoms with Crippen molar-refractivity contribution in [2.75, 3.05) is 11.9 Å². The lowest BCUT2D eigenvalue weighted by Crippen LogP contribution is -2.47. The lowest BCUT2D eigenvalue weighted by molar-refractivity contribution is -0.00642. The van der Waals surface area contributed by atoms with Gasteiger partial charge < -0.3 is 19.9 Å². The van der Waals surface area contributed by atoms with Crippen molar-refractivity contribution in [1.29, 1.82) is 0 Å². The predicted octanol–water partition coefficient (Wildman–Crippen LogP) is 6.66. The van der Waals surface area contributed by atoms with Crippen molar-refractivity contribution in [3.8, 4) is 11.3 Å². The first-order chi connectivity index (χ1) is 19.7. The fraction of sp³-hybridized carbons (Fsp3) is 0.688. The number of aliphatic hydroxyl groups excluding tert-OH is 1. The second kappa shape index (κ2) is 11.9. The van der Waals surface area contributed by atoms with Gasteiger partial charge in [0.25, 0.3) is 0 Å². The molecule has 3 aliphatic rings. The first-order valence-electron chi connectivity index (χ1n) is 15.5. The summed E-state index contributed by atoms with van der Waals surface area (Å²) >= 11 is 0. The number of nitrogens with one attached hydrogen (secondary N) is 1. The fourth-order valence-corrected chi connectivity index (χ4v) is 5.72. The number of anilines is 1. The van der Waals surface area contributed by atoms with Crippen LogP contribution in [0.15, 0.2) is 24.4 Å². The molecule has 0 bridgehead atoms. The van der Waals surface area contributed by atoms with Gasteiger partial charge in [-0.15, -0.1) is 0 Å². The summed E-state index contributed by atoms with van der Waals surface area (Å²) in [5.74, 6) is 1.45. The van der Waals surface area contributed by atoms with Crippen molar-refractivity contribution in [3.05, 3.63) is 30.1 Å². The van der Waals surface area contributed by atoms with Gasteiger partial charge in [0, 0.05) is 30.3 Å². The monoisotopic (exact) mass is 581 g/mol. The van der Waals surface area contributed by atoms with E-state index in [0.29, 0.717) is 12.0 Å². The number of aliphatic hydroxyl groups is 1. The molecule has 3 aliphatic carbocycles. The van der Waals surface area contributed by atoms with Crippen LogP contribution in [0.5, 0.6) is 0 Å². The van der Waals surface area contributed by atoms with Crippen LogP contribution in [0.1, 0.15) is 111 Å². The lowest BCUT2D eigenvalue weighted by atomic mass is 9.80. The zero-order valence-corrected chi connectivity index (χ0v) is 25.9. The number of carbonyl (C=O) groups is 2. The molecule has 5 rings (SSSR count). The van der Waals surface area contributed by atoms with E-state index in [1.807, 2.05) is 18.2 Å². The molecule has 2 amide bonds. The summed E-state index contributed by atoms with van der Waals surface area (Å²) in [5, 5.41) is 18.4. The summed E-state index contributed by atoms with van der Waals surface area (Å²) < 4.78 is 13.1. The van der Waals surface area contributed by atoms with E-state index < -0.39 is 23.4 Å². The van der Waals surface area contributed by atoms with E-state index in [-0.39, 0.29) is 24.6 Å². The van der Waals surface area contributed by atoms with Crippen LogP contribution in [0.2, 0.25) is 0 Å². The van der Waals surface area contributed by atoms with Crippen LogP contribution in [0, 0.1) is 5.92 Å². The number of imide groups is 1. The van der Waals surface area contributed by atoms with Crippen molar-refractivity contribution in [3.63, 3.8) is 0 Å². The first kappa shape index (κ1) is 30.3. The molecule has 42 heavy (non-hydrogen) atoms. The number of hydrogen-bond donors (Lipinski definition) is 2. The topological polar surface area (TPSA) is 119 Å². The third-order valence-corrected chi connectivity index (χ3v) is 8.05. The minimum Gasteiger partial charge on any atom is -0.443 e. The minimum absolute atomic E-state index is 0.131. The Morgan fingerprint density at radius 1 is 0.976 bits per heavy atom. The maximum absolute atomic E-state index is 12.9. The molecule has 0 atom stereocenters. The number of amides is 2. The molecular weight excluding hydrogens is 534 g/mol. The van der Waals surface area contributed by atoms with E-state index in [2.05, 4.69) is 16.2 Å². The van der Waals surface area contributed by atoms with Crippen molar-refractivity contribution in [2.24, 2.45) is 5.92 Å². The zero-order valence-electron chi connectivity index (χ0n) is 25.9. The van der Waals surface area contributed by atoms with Gasteiger partial charge in [0.05, 0.1) is 23.5 Å². The molecule has 0 aromatic carbocycles. The van der Waals surface area contributed by atoms with Gasteiger partial charge in [-0.2, -0.15) is 5.10 Å². The second-order valence-electron chi connectivity index (χ2n) is 14.3. The van der Waals surface area contributed by atoms with Gasteiger partial charge in [-0.25, -0.2) is 19.5 Å². The summed E-state index contributed by atoms with van der Waals surface area (Å²) in [6.07, 6.45) is 8.00. The Hall–Kier alpha value is -3.14. The molecular formula is C32H47N5O5. The van der Waals surface area contributed by atoms with E-state index in [4.69, 9.17) is 19.6 Å². The molecule has 2 N–H and O–H groups in total. The smallest absolute Gasteiger partial charge is 0.419 e. The summed E-state index contributed by atoms with van der Waals surface area (Å²) in [6.45, 7) is 11.0. The summed E-state index contributed by atoms with van der Waals surface area (Å²) in [5.41, 5.74) is 1.66. The van der Waals surface area contributed by atoms with Crippen LogP contribution in [0.4, 0.5) is 15.4 Å². The molecule has 0 unspecified atom stereocenters. The van der Waals surface area contributed by atoms with Gasteiger partial charge >= 0.3 is 12.2 Å². The number of aromatic nitrogens is 3. The number of rotatable bonds is 7. The van der Waals surface area contributed by atoms with Crippen LogP contribution >= 0.6 is 0 Å². The van der Waals surface area contributed by atoms with Crippen molar-refractivity contribution in [1.82, 2.24) is 19.7 Å². The van der Waals surface area contributed by atoms with Crippen LogP contribution in [0.25, 0.3) is 11.3 Å². The van der Waals surface area contributed by atoms with Gasteiger partial charge in [-0.05, 0) is 111 Å². The van der Waals surface area contributed by atoms with Gasteiger partial charge in [0.2, 0.25) is 0 Å². The van der Waals surface area contributed by atoms with Crippen LogP contribution < -0.4 is 5.32 Å². The Morgan fingerprint density at radius 3 is 2.17 bits per heavy atom. The van der Waals surface area contributed by atoms with Gasteiger partial charge in [-0.1, -0.05) is 6.07 Å². The van der Waals surface area contributed by atoms with E-state index in [1.54, 1.807) is 41.5 Å². The van der Waals surface area contributed by atoms with E-state index in [9.17, 15) is 14.7 Å². The largest absolute Gasteiger partial charge is 0.443 e. The minimum atomic E-state index is -0.718. The summed E-state index contributed by atoms with van der Waals surface area (Å²) in [7, 11) is 0. The summed E-state index contributed by atoms with van der Waals surface area (Å²) in [6, 6.07) is 6.61. The number of carbonyl (C=O) groups excluding carboxylic acids is 2. The van der Waals surface area contributed by atoms with Crippen molar-refractivity contribution < 1.29 is 24.2 Å². The van der Waals surface area contributed by atoms with Gasteiger partial charge in [0.15, 0.2) is 0 Å². The van der Waals surface area contributed by atoms with E-state index in [1.165, 1.54) is 0 Å². The second-order valence-corrected chi connectivity index (χ2v) is 14.3. The highest BCUT2D eigenvalue weighted by molar-refractivity contribution is 5.88. The van der Waals surface area contributed by atoms with Gasteiger partial charge in [0.1, 0.15) is 17.0 Å². The molecule has 10 heteroatoms. The van der Waals surface area contributed by atoms with Crippen LogP contribution in [-0.4, -0.2) is 66.9 Å². The fourth-order valence-electron chi connectivity index (χ4n) is 5.72. The molecule has 10 nitrogen and oxygen atoms in total. The average Bonchev–Trinajstić information content (AvgIpc) is 3.61. The van der Waals surface area contributed by atoms with E-state index in [0.717, 1.165) is 79.0 Å². The molecule has 0 radical (unpaired) electrons. The number of pyridine rings is 1. The Kier molecular flexibility index (Phi) is 8.56. The van der Waals surface area contributed by atoms with Crippen LogP contribution in [0.3, 0.4) is 0 Å². The Labute approximate surface area is 249 Å².